The smallest absolute Gasteiger partial charge is 0.305 e. The largest absolute Gasteiger partial charge is 0.488 e. The zero-order valence-electron chi connectivity index (χ0n) is 11.8. The quantitative estimate of drug-likeness (QED) is 0.736. The predicted octanol–water partition coefficient (Wildman–Crippen LogP) is 4.13. The molecule has 0 N–H and O–H groups in total. The first kappa shape index (κ1) is 15.6. The Bertz CT molecular complexity index is 596. The first-order valence-electron chi connectivity index (χ1n) is 6.71. The van der Waals surface area contributed by atoms with Gasteiger partial charge in [-0.1, -0.05) is 36.4 Å². The van der Waals surface area contributed by atoms with Crippen molar-refractivity contribution < 1.29 is 14.3 Å². The Labute approximate surface area is 133 Å². The molecule has 2 aromatic rings. The van der Waals surface area contributed by atoms with E-state index in [-0.39, 0.29) is 5.97 Å². The molecule has 0 saturated carbocycles. The second-order valence-corrected chi connectivity index (χ2v) is 5.47. The van der Waals surface area contributed by atoms with Crippen molar-refractivity contribution in [3.8, 4) is 5.75 Å². The number of carbonyl (C=O) groups is 1. The number of hydrogen-bond donors (Lipinski definition) is 0. The van der Waals surface area contributed by atoms with E-state index in [2.05, 4.69) is 20.7 Å². The summed E-state index contributed by atoms with van der Waals surface area (Å²) in [6, 6.07) is 15.9. The van der Waals surface area contributed by atoms with Crippen LogP contribution in [0.5, 0.6) is 5.75 Å². The maximum atomic E-state index is 11.1. The number of rotatable bonds is 6. The summed E-state index contributed by atoms with van der Waals surface area (Å²) in [6.45, 7) is 0.529. The van der Waals surface area contributed by atoms with Gasteiger partial charge in [0.15, 0.2) is 0 Å². The number of carbonyl (C=O) groups excluding carboxylic acids is 1. The third-order valence-corrected chi connectivity index (χ3v) is 3.70. The summed E-state index contributed by atoms with van der Waals surface area (Å²) in [4.78, 5) is 11.1. The van der Waals surface area contributed by atoms with E-state index >= 15 is 0 Å². The molecule has 110 valence electrons. The number of halogens is 1. The van der Waals surface area contributed by atoms with Gasteiger partial charge in [0, 0.05) is 6.42 Å². The molecule has 0 radical (unpaired) electrons. The van der Waals surface area contributed by atoms with Crippen LogP contribution in [0.1, 0.15) is 17.5 Å². The minimum atomic E-state index is -0.199. The van der Waals surface area contributed by atoms with Crippen molar-refractivity contribution in [2.75, 3.05) is 7.11 Å². The Hall–Kier alpha value is -1.81. The van der Waals surface area contributed by atoms with Gasteiger partial charge < -0.3 is 9.47 Å². The molecular weight excluding hydrogens is 332 g/mol. The van der Waals surface area contributed by atoms with Gasteiger partial charge in [0.25, 0.3) is 0 Å². The second-order valence-electron chi connectivity index (χ2n) is 4.62. The fraction of sp³-hybridized carbons (Fsp3) is 0.235. The third kappa shape index (κ3) is 4.90. The first-order valence-corrected chi connectivity index (χ1v) is 7.50. The number of esters is 1. The number of benzene rings is 2. The summed E-state index contributed by atoms with van der Waals surface area (Å²) in [5.74, 6) is 0.594. The Morgan fingerprint density at radius 2 is 1.86 bits per heavy atom. The summed E-state index contributed by atoms with van der Waals surface area (Å²) < 4.78 is 11.3. The average Bonchev–Trinajstić information content (AvgIpc) is 2.52. The molecule has 0 aliphatic carbocycles. The predicted molar refractivity (Wildman–Crippen MR) is 85.3 cm³/mol. The van der Waals surface area contributed by atoms with E-state index in [1.807, 2.05) is 48.5 Å². The zero-order chi connectivity index (χ0) is 15.1. The molecule has 21 heavy (non-hydrogen) atoms. The molecule has 0 spiro atoms. The van der Waals surface area contributed by atoms with Gasteiger partial charge in [0.05, 0.1) is 11.6 Å². The van der Waals surface area contributed by atoms with Crippen molar-refractivity contribution >= 4 is 21.9 Å². The van der Waals surface area contributed by atoms with Crippen LogP contribution < -0.4 is 4.74 Å². The maximum absolute atomic E-state index is 11.1. The lowest BCUT2D eigenvalue weighted by Crippen LogP contribution is -2.02. The van der Waals surface area contributed by atoms with Crippen LogP contribution in [-0.4, -0.2) is 13.1 Å². The molecule has 4 heteroatoms. The van der Waals surface area contributed by atoms with E-state index in [1.165, 1.54) is 7.11 Å². The summed E-state index contributed by atoms with van der Waals surface area (Å²) in [5.41, 5.74) is 2.19. The van der Waals surface area contributed by atoms with E-state index in [0.29, 0.717) is 19.4 Å². The number of hydrogen-bond acceptors (Lipinski definition) is 3. The van der Waals surface area contributed by atoms with E-state index < -0.39 is 0 Å². The maximum Gasteiger partial charge on any atom is 0.305 e. The Balaban J connectivity index is 1.94. The van der Waals surface area contributed by atoms with Gasteiger partial charge in [0.2, 0.25) is 0 Å². The van der Waals surface area contributed by atoms with Crippen molar-refractivity contribution in [1.29, 1.82) is 0 Å². The highest BCUT2D eigenvalue weighted by atomic mass is 79.9. The minimum absolute atomic E-state index is 0.199. The molecule has 0 aliphatic heterocycles. The lowest BCUT2D eigenvalue weighted by molar-refractivity contribution is -0.140. The summed E-state index contributed by atoms with van der Waals surface area (Å²) in [7, 11) is 1.40. The number of methoxy groups -OCH3 is 1. The van der Waals surface area contributed by atoms with E-state index in [9.17, 15) is 4.79 Å². The van der Waals surface area contributed by atoms with Crippen molar-refractivity contribution in [3.63, 3.8) is 0 Å². The molecule has 0 amide bonds. The second kappa shape index (κ2) is 7.84. The molecule has 0 fully saturated rings. The molecule has 0 heterocycles. The van der Waals surface area contributed by atoms with Crippen LogP contribution in [-0.2, 0) is 22.6 Å². The van der Waals surface area contributed by atoms with Crippen molar-refractivity contribution in [2.24, 2.45) is 0 Å². The SMILES string of the molecule is COC(=O)CCc1ccc(OCc2ccccc2)c(Br)c1. The monoisotopic (exact) mass is 348 g/mol. The van der Waals surface area contributed by atoms with Crippen LogP contribution in [0.4, 0.5) is 0 Å². The molecule has 3 nitrogen and oxygen atoms in total. The van der Waals surface area contributed by atoms with Gasteiger partial charge in [-0.25, -0.2) is 0 Å². The molecule has 0 unspecified atom stereocenters. The van der Waals surface area contributed by atoms with E-state index in [1.54, 1.807) is 0 Å². The highest BCUT2D eigenvalue weighted by Crippen LogP contribution is 2.27. The molecule has 2 rings (SSSR count). The summed E-state index contributed by atoms with van der Waals surface area (Å²) in [6.07, 6.45) is 1.04. The van der Waals surface area contributed by atoms with Gasteiger partial charge in [-0.2, -0.15) is 0 Å². The Kier molecular flexibility index (Phi) is 5.81. The van der Waals surface area contributed by atoms with Crippen molar-refractivity contribution in [2.45, 2.75) is 19.4 Å². The van der Waals surface area contributed by atoms with Crippen molar-refractivity contribution in [1.82, 2.24) is 0 Å². The van der Waals surface area contributed by atoms with Gasteiger partial charge in [0.1, 0.15) is 12.4 Å². The van der Waals surface area contributed by atoms with Gasteiger partial charge in [-0.05, 0) is 45.6 Å². The van der Waals surface area contributed by atoms with Crippen molar-refractivity contribution in [3.05, 3.63) is 64.1 Å². The topological polar surface area (TPSA) is 35.5 Å². The molecule has 0 atom stereocenters. The molecule has 0 bridgehead atoms. The van der Waals surface area contributed by atoms with Crippen LogP contribution in [0.25, 0.3) is 0 Å². The third-order valence-electron chi connectivity index (χ3n) is 3.08. The number of aryl methyl sites for hydroxylation is 1. The molecule has 0 saturated heterocycles. The molecule has 2 aromatic carbocycles. The van der Waals surface area contributed by atoms with E-state index in [4.69, 9.17) is 4.74 Å². The average molecular weight is 349 g/mol. The summed E-state index contributed by atoms with van der Waals surface area (Å²) >= 11 is 3.50. The van der Waals surface area contributed by atoms with Gasteiger partial charge >= 0.3 is 5.97 Å². The van der Waals surface area contributed by atoms with Crippen LogP contribution >= 0.6 is 15.9 Å². The first-order chi connectivity index (χ1) is 10.2. The lowest BCUT2D eigenvalue weighted by Gasteiger charge is -2.10. The highest BCUT2D eigenvalue weighted by molar-refractivity contribution is 9.10. The number of ether oxygens (including phenoxy) is 2. The lowest BCUT2D eigenvalue weighted by atomic mass is 10.1. The summed E-state index contributed by atoms with van der Waals surface area (Å²) in [5, 5.41) is 0. The van der Waals surface area contributed by atoms with E-state index in [0.717, 1.165) is 21.3 Å². The van der Waals surface area contributed by atoms with Crippen LogP contribution in [0.2, 0.25) is 0 Å². The molecule has 0 aromatic heterocycles. The van der Waals surface area contributed by atoms with Gasteiger partial charge in [-0.15, -0.1) is 0 Å². The minimum Gasteiger partial charge on any atom is -0.488 e. The van der Waals surface area contributed by atoms with Gasteiger partial charge in [-0.3, -0.25) is 4.79 Å². The van der Waals surface area contributed by atoms with Crippen LogP contribution in [0, 0.1) is 0 Å². The van der Waals surface area contributed by atoms with Crippen LogP contribution in [0.15, 0.2) is 53.0 Å². The normalized spacial score (nSPS) is 10.2. The Morgan fingerprint density at radius 1 is 1.10 bits per heavy atom. The van der Waals surface area contributed by atoms with Crippen LogP contribution in [0.3, 0.4) is 0 Å². The zero-order valence-corrected chi connectivity index (χ0v) is 13.4. The molecule has 0 aliphatic rings. The fourth-order valence-corrected chi connectivity index (χ4v) is 2.44. The highest BCUT2D eigenvalue weighted by Gasteiger charge is 2.06. The fourth-order valence-electron chi connectivity index (χ4n) is 1.90. The molecular formula is C17H17BrO3. The Morgan fingerprint density at radius 3 is 2.52 bits per heavy atom. The standard InChI is InChI=1S/C17H17BrO3/c1-20-17(19)10-8-13-7-9-16(15(18)11-13)21-12-14-5-3-2-4-6-14/h2-7,9,11H,8,10,12H2,1H3.